The highest BCUT2D eigenvalue weighted by molar-refractivity contribution is 5.08. The molecule has 2 aliphatic rings. The molecule has 3 heterocycles. The van der Waals surface area contributed by atoms with Crippen molar-refractivity contribution in [3.8, 4) is 0 Å². The summed E-state index contributed by atoms with van der Waals surface area (Å²) < 4.78 is 0. The summed E-state index contributed by atoms with van der Waals surface area (Å²) in [5.74, 6) is 0. The van der Waals surface area contributed by atoms with Gasteiger partial charge in [0.1, 0.15) is 0 Å². The molecule has 0 N–H and O–H groups in total. The molecule has 3 heteroatoms. The van der Waals surface area contributed by atoms with Gasteiger partial charge >= 0.3 is 0 Å². The van der Waals surface area contributed by atoms with Crippen molar-refractivity contribution in [1.82, 2.24) is 14.8 Å². The topological polar surface area (TPSA) is 19.4 Å². The van der Waals surface area contributed by atoms with Crippen LogP contribution in [0.2, 0.25) is 0 Å². The van der Waals surface area contributed by atoms with Gasteiger partial charge in [-0.3, -0.25) is 14.8 Å². The number of aromatic nitrogens is 1. The van der Waals surface area contributed by atoms with E-state index in [-0.39, 0.29) is 0 Å². The van der Waals surface area contributed by atoms with Gasteiger partial charge in [0.2, 0.25) is 0 Å². The lowest BCUT2D eigenvalue weighted by molar-refractivity contribution is 0.0956. The van der Waals surface area contributed by atoms with Gasteiger partial charge in [0, 0.05) is 31.5 Å². The van der Waals surface area contributed by atoms with Crippen LogP contribution in [-0.2, 0) is 6.54 Å². The number of piperidine rings is 1. The van der Waals surface area contributed by atoms with Crippen LogP contribution in [0.5, 0.6) is 0 Å². The average Bonchev–Trinajstić information content (AvgIpc) is 2.78. The summed E-state index contributed by atoms with van der Waals surface area (Å²) in [5, 5.41) is 0. The third-order valence-corrected chi connectivity index (χ3v) is 4.77. The molecule has 0 aliphatic carbocycles. The highest BCUT2D eigenvalue weighted by Gasteiger charge is 2.25. The molecule has 1 atom stereocenters. The van der Waals surface area contributed by atoms with Crippen molar-refractivity contribution in [2.24, 2.45) is 0 Å². The Morgan fingerprint density at radius 1 is 1.05 bits per heavy atom. The third kappa shape index (κ3) is 3.80. The van der Waals surface area contributed by atoms with E-state index in [0.717, 1.165) is 12.6 Å². The van der Waals surface area contributed by atoms with Gasteiger partial charge in [0.05, 0.1) is 0 Å². The Morgan fingerprint density at radius 3 is 2.65 bits per heavy atom. The summed E-state index contributed by atoms with van der Waals surface area (Å²) in [6, 6.07) is 5.03. The second-order valence-electron chi connectivity index (χ2n) is 6.34. The van der Waals surface area contributed by atoms with E-state index in [4.69, 9.17) is 0 Å². The highest BCUT2D eigenvalue weighted by Crippen LogP contribution is 2.21. The number of nitrogens with zero attached hydrogens (tertiary/aromatic N) is 3. The average molecular weight is 273 g/mol. The number of rotatable bonds is 3. The standard InChI is InChI=1S/C17H27N3/c1-2-4-12-20(11-3-1)17-8-6-10-19(15-17)14-16-7-5-9-18-13-16/h5,7,9,13,17H,1-4,6,8,10-12,14-15H2. The van der Waals surface area contributed by atoms with Crippen molar-refractivity contribution in [1.29, 1.82) is 0 Å². The molecule has 20 heavy (non-hydrogen) atoms. The number of hydrogen-bond acceptors (Lipinski definition) is 3. The van der Waals surface area contributed by atoms with Gasteiger partial charge < -0.3 is 0 Å². The van der Waals surface area contributed by atoms with Crippen LogP contribution >= 0.6 is 0 Å². The Bertz CT molecular complexity index is 384. The fraction of sp³-hybridized carbons (Fsp3) is 0.706. The van der Waals surface area contributed by atoms with Crippen molar-refractivity contribution >= 4 is 0 Å². The maximum absolute atomic E-state index is 4.23. The quantitative estimate of drug-likeness (QED) is 0.844. The van der Waals surface area contributed by atoms with Crippen LogP contribution in [-0.4, -0.2) is 47.0 Å². The van der Waals surface area contributed by atoms with Crippen molar-refractivity contribution in [2.45, 2.75) is 51.1 Å². The first-order valence-electron chi connectivity index (χ1n) is 8.27. The van der Waals surface area contributed by atoms with Gasteiger partial charge in [-0.25, -0.2) is 0 Å². The summed E-state index contributed by atoms with van der Waals surface area (Å²) >= 11 is 0. The summed E-state index contributed by atoms with van der Waals surface area (Å²) in [5.41, 5.74) is 1.35. The maximum Gasteiger partial charge on any atom is 0.0312 e. The minimum atomic E-state index is 0.790. The molecule has 3 rings (SSSR count). The lowest BCUT2D eigenvalue weighted by Crippen LogP contribution is -2.47. The lowest BCUT2D eigenvalue weighted by atomic mass is 10.0. The molecule has 3 nitrogen and oxygen atoms in total. The molecule has 110 valence electrons. The smallest absolute Gasteiger partial charge is 0.0312 e. The minimum absolute atomic E-state index is 0.790. The van der Waals surface area contributed by atoms with Gasteiger partial charge in [0.15, 0.2) is 0 Å². The fourth-order valence-electron chi connectivity index (χ4n) is 3.68. The van der Waals surface area contributed by atoms with Gasteiger partial charge in [-0.1, -0.05) is 18.9 Å². The Balaban J connectivity index is 1.55. The van der Waals surface area contributed by atoms with E-state index < -0.39 is 0 Å². The Kier molecular flexibility index (Phi) is 5.04. The molecular formula is C17H27N3. The lowest BCUT2D eigenvalue weighted by Gasteiger charge is -2.39. The molecule has 0 saturated carbocycles. The van der Waals surface area contributed by atoms with Gasteiger partial charge in [-0.05, 0) is 56.9 Å². The van der Waals surface area contributed by atoms with E-state index in [9.17, 15) is 0 Å². The van der Waals surface area contributed by atoms with Crippen LogP contribution in [0.1, 0.15) is 44.1 Å². The second kappa shape index (κ2) is 7.19. The monoisotopic (exact) mass is 273 g/mol. The SMILES string of the molecule is c1cncc(CN2CCCC(N3CCCCCC3)C2)c1. The Morgan fingerprint density at radius 2 is 1.90 bits per heavy atom. The van der Waals surface area contributed by atoms with Crippen LogP contribution in [0.4, 0.5) is 0 Å². The van der Waals surface area contributed by atoms with Gasteiger partial charge in [-0.15, -0.1) is 0 Å². The largest absolute Gasteiger partial charge is 0.299 e. The minimum Gasteiger partial charge on any atom is -0.299 e. The van der Waals surface area contributed by atoms with E-state index >= 15 is 0 Å². The molecule has 1 aromatic heterocycles. The van der Waals surface area contributed by atoms with Crippen LogP contribution < -0.4 is 0 Å². The van der Waals surface area contributed by atoms with Crippen molar-refractivity contribution in [3.05, 3.63) is 30.1 Å². The number of hydrogen-bond donors (Lipinski definition) is 0. The van der Waals surface area contributed by atoms with Crippen LogP contribution in [0.15, 0.2) is 24.5 Å². The van der Waals surface area contributed by atoms with Gasteiger partial charge in [-0.2, -0.15) is 0 Å². The summed E-state index contributed by atoms with van der Waals surface area (Å²) in [6.45, 7) is 6.21. The molecule has 0 bridgehead atoms. The van der Waals surface area contributed by atoms with Gasteiger partial charge in [0.25, 0.3) is 0 Å². The zero-order valence-electron chi connectivity index (χ0n) is 12.5. The molecule has 1 aromatic rings. The van der Waals surface area contributed by atoms with Crippen molar-refractivity contribution in [3.63, 3.8) is 0 Å². The summed E-state index contributed by atoms with van der Waals surface area (Å²) in [4.78, 5) is 9.62. The van der Waals surface area contributed by atoms with Crippen molar-refractivity contribution < 1.29 is 0 Å². The molecular weight excluding hydrogens is 246 g/mol. The molecule has 0 radical (unpaired) electrons. The number of pyridine rings is 1. The zero-order valence-corrected chi connectivity index (χ0v) is 12.5. The first-order valence-corrected chi connectivity index (χ1v) is 8.27. The fourth-order valence-corrected chi connectivity index (χ4v) is 3.68. The Hall–Kier alpha value is -0.930. The highest BCUT2D eigenvalue weighted by atomic mass is 15.2. The molecule has 2 aliphatic heterocycles. The molecule has 2 fully saturated rings. The first kappa shape index (κ1) is 14.0. The molecule has 0 spiro atoms. The summed E-state index contributed by atoms with van der Waals surface area (Å²) in [7, 11) is 0. The Labute approximate surface area is 123 Å². The molecule has 0 aromatic carbocycles. The van der Waals surface area contributed by atoms with E-state index in [0.29, 0.717) is 0 Å². The number of likely N-dealkylation sites (tertiary alicyclic amines) is 2. The summed E-state index contributed by atoms with van der Waals surface area (Å²) in [6.07, 6.45) is 12.3. The van der Waals surface area contributed by atoms with E-state index in [2.05, 4.69) is 20.9 Å². The molecule has 2 saturated heterocycles. The van der Waals surface area contributed by atoms with Crippen LogP contribution in [0, 0.1) is 0 Å². The van der Waals surface area contributed by atoms with E-state index in [1.165, 1.54) is 70.3 Å². The first-order chi connectivity index (χ1) is 9.92. The predicted octanol–water partition coefficient (Wildman–Crippen LogP) is 2.92. The second-order valence-corrected chi connectivity index (χ2v) is 6.34. The molecule has 0 amide bonds. The molecule has 1 unspecified atom stereocenters. The van der Waals surface area contributed by atoms with E-state index in [1.54, 1.807) is 0 Å². The van der Waals surface area contributed by atoms with E-state index in [1.807, 2.05) is 18.5 Å². The predicted molar refractivity (Wildman–Crippen MR) is 82.6 cm³/mol. The maximum atomic E-state index is 4.23. The van der Waals surface area contributed by atoms with Crippen molar-refractivity contribution in [2.75, 3.05) is 26.2 Å². The zero-order chi connectivity index (χ0) is 13.6. The van der Waals surface area contributed by atoms with Crippen LogP contribution in [0.3, 0.4) is 0 Å². The normalized spacial score (nSPS) is 26.3. The third-order valence-electron chi connectivity index (χ3n) is 4.77. The van der Waals surface area contributed by atoms with Crippen LogP contribution in [0.25, 0.3) is 0 Å².